The van der Waals surface area contributed by atoms with Crippen molar-refractivity contribution < 1.29 is 23.7 Å². The minimum atomic E-state index is -0.601. The molecule has 1 atom stereocenters. The number of rotatable bonds is 8. The molecule has 5 rings (SSSR count). The Kier molecular flexibility index (Phi) is 7.04. The highest BCUT2D eigenvalue weighted by atomic mass is 16.5. The molecule has 200 valence electrons. The minimum Gasteiger partial charge on any atom is -0.497 e. The first-order valence-corrected chi connectivity index (χ1v) is 12.1. The van der Waals surface area contributed by atoms with Crippen LogP contribution in [0.15, 0.2) is 72.2 Å². The second kappa shape index (κ2) is 10.7. The first kappa shape index (κ1) is 25.6. The molecule has 2 aromatic heterocycles. The van der Waals surface area contributed by atoms with Crippen LogP contribution in [0, 0.1) is 0 Å². The second-order valence-electron chi connectivity index (χ2n) is 8.66. The zero-order valence-electron chi connectivity index (χ0n) is 22.2. The lowest BCUT2D eigenvalue weighted by Crippen LogP contribution is -2.31. The standard InChI is InChI=1S/C28H28N6O5/c1-16-23(27(35)31-19-9-7-11-29-15-19)24(17-8-6-10-20(12-17)36-2)34-28(30-16)32-26(33-34)18-13-21(37-3)25(39-5)22(14-18)38-4/h6-15,24H,1-5H3,(H,31,35)(H,30,32,33). The van der Waals surface area contributed by atoms with E-state index in [1.165, 1.54) is 0 Å². The molecule has 0 saturated carbocycles. The van der Waals surface area contributed by atoms with E-state index in [2.05, 4.69) is 15.6 Å². The van der Waals surface area contributed by atoms with Gasteiger partial charge in [0.1, 0.15) is 11.8 Å². The Morgan fingerprint density at radius 3 is 2.38 bits per heavy atom. The molecule has 0 saturated heterocycles. The highest BCUT2D eigenvalue weighted by Crippen LogP contribution is 2.42. The molecule has 4 aromatic rings. The van der Waals surface area contributed by atoms with Gasteiger partial charge in [0.05, 0.1) is 45.9 Å². The van der Waals surface area contributed by atoms with Crippen LogP contribution in [0.4, 0.5) is 11.6 Å². The van der Waals surface area contributed by atoms with Crippen molar-refractivity contribution in [2.75, 3.05) is 39.1 Å². The number of carbonyl (C=O) groups is 1. The Morgan fingerprint density at radius 1 is 0.974 bits per heavy atom. The summed E-state index contributed by atoms with van der Waals surface area (Å²) in [5.41, 5.74) is 3.14. The summed E-state index contributed by atoms with van der Waals surface area (Å²) in [4.78, 5) is 22.5. The van der Waals surface area contributed by atoms with E-state index in [0.717, 1.165) is 5.56 Å². The average molecular weight is 529 g/mol. The number of ether oxygens (including phenoxy) is 4. The van der Waals surface area contributed by atoms with Gasteiger partial charge >= 0.3 is 0 Å². The van der Waals surface area contributed by atoms with Gasteiger partial charge in [-0.25, -0.2) is 4.68 Å². The maximum absolute atomic E-state index is 13.7. The van der Waals surface area contributed by atoms with Gasteiger partial charge in [0.15, 0.2) is 17.3 Å². The molecule has 3 heterocycles. The Balaban J connectivity index is 1.63. The van der Waals surface area contributed by atoms with Crippen molar-refractivity contribution in [2.45, 2.75) is 13.0 Å². The van der Waals surface area contributed by atoms with Crippen molar-refractivity contribution in [2.24, 2.45) is 0 Å². The third-order valence-corrected chi connectivity index (χ3v) is 6.35. The van der Waals surface area contributed by atoms with Gasteiger partial charge in [-0.15, -0.1) is 5.10 Å². The van der Waals surface area contributed by atoms with Crippen LogP contribution in [0.1, 0.15) is 18.5 Å². The number of nitrogens with zero attached hydrogens (tertiary/aromatic N) is 4. The number of anilines is 2. The fraction of sp³-hybridized carbons (Fsp3) is 0.214. The highest BCUT2D eigenvalue weighted by Gasteiger charge is 2.35. The van der Waals surface area contributed by atoms with Crippen molar-refractivity contribution in [1.82, 2.24) is 19.7 Å². The van der Waals surface area contributed by atoms with Gasteiger partial charge in [-0.3, -0.25) is 9.78 Å². The van der Waals surface area contributed by atoms with Crippen molar-refractivity contribution in [1.29, 1.82) is 0 Å². The molecule has 11 heteroatoms. The van der Waals surface area contributed by atoms with Crippen molar-refractivity contribution in [3.63, 3.8) is 0 Å². The average Bonchev–Trinajstić information content (AvgIpc) is 3.39. The Morgan fingerprint density at radius 2 is 1.74 bits per heavy atom. The van der Waals surface area contributed by atoms with Gasteiger partial charge in [0.2, 0.25) is 11.7 Å². The molecule has 0 aliphatic carbocycles. The Hall–Kier alpha value is -5.06. The lowest BCUT2D eigenvalue weighted by molar-refractivity contribution is -0.113. The lowest BCUT2D eigenvalue weighted by Gasteiger charge is -2.28. The van der Waals surface area contributed by atoms with Crippen LogP contribution in [0.5, 0.6) is 23.0 Å². The zero-order chi connectivity index (χ0) is 27.5. The predicted octanol–water partition coefficient (Wildman–Crippen LogP) is 4.30. The third-order valence-electron chi connectivity index (χ3n) is 6.35. The highest BCUT2D eigenvalue weighted by molar-refractivity contribution is 6.06. The fourth-order valence-corrected chi connectivity index (χ4v) is 4.53. The molecule has 11 nitrogen and oxygen atoms in total. The molecule has 2 aromatic carbocycles. The van der Waals surface area contributed by atoms with Crippen LogP contribution >= 0.6 is 0 Å². The van der Waals surface area contributed by atoms with Gasteiger partial charge < -0.3 is 29.6 Å². The van der Waals surface area contributed by atoms with Crippen molar-refractivity contribution in [3.8, 4) is 34.4 Å². The quantitative estimate of drug-likeness (QED) is 0.345. The number of allylic oxidation sites excluding steroid dienone is 1. The van der Waals surface area contributed by atoms with Crippen LogP contribution in [0.25, 0.3) is 11.4 Å². The van der Waals surface area contributed by atoms with E-state index in [1.54, 1.807) is 69.8 Å². The zero-order valence-corrected chi connectivity index (χ0v) is 22.2. The molecular formula is C28H28N6O5. The number of carbonyl (C=O) groups excluding carboxylic acids is 1. The van der Waals surface area contributed by atoms with E-state index in [-0.39, 0.29) is 5.91 Å². The monoisotopic (exact) mass is 528 g/mol. The summed E-state index contributed by atoms with van der Waals surface area (Å²) in [5.74, 6) is 2.66. The minimum absolute atomic E-state index is 0.295. The van der Waals surface area contributed by atoms with Crippen LogP contribution in [-0.2, 0) is 4.79 Å². The van der Waals surface area contributed by atoms with E-state index in [9.17, 15) is 4.79 Å². The predicted molar refractivity (Wildman–Crippen MR) is 145 cm³/mol. The molecule has 1 aliphatic rings. The number of pyridine rings is 1. The van der Waals surface area contributed by atoms with Crippen LogP contribution in [-0.4, -0.2) is 54.1 Å². The second-order valence-corrected chi connectivity index (χ2v) is 8.66. The summed E-state index contributed by atoms with van der Waals surface area (Å²) in [5, 5.41) is 11.0. The number of nitrogens with one attached hydrogen (secondary N) is 2. The molecule has 0 fully saturated rings. The fourth-order valence-electron chi connectivity index (χ4n) is 4.53. The number of hydrogen-bond donors (Lipinski definition) is 2. The first-order valence-electron chi connectivity index (χ1n) is 12.1. The summed E-state index contributed by atoms with van der Waals surface area (Å²) >= 11 is 0. The van der Waals surface area contributed by atoms with Gasteiger partial charge in [-0.2, -0.15) is 4.98 Å². The summed E-state index contributed by atoms with van der Waals surface area (Å²) in [6.07, 6.45) is 3.24. The number of benzene rings is 2. The van der Waals surface area contributed by atoms with Gasteiger partial charge in [0.25, 0.3) is 5.91 Å². The normalized spacial score (nSPS) is 14.2. The molecule has 0 bridgehead atoms. The van der Waals surface area contributed by atoms with Crippen LogP contribution < -0.4 is 29.6 Å². The molecule has 1 amide bonds. The SMILES string of the molecule is COc1cccc(C2C(C(=O)Nc3cccnc3)=C(C)Nc3nc(-c4cc(OC)c(OC)c(OC)c4)nn32)c1. The van der Waals surface area contributed by atoms with E-state index in [1.807, 2.05) is 31.2 Å². The number of hydrogen-bond acceptors (Lipinski definition) is 9. The largest absolute Gasteiger partial charge is 0.497 e. The first-order chi connectivity index (χ1) is 19.0. The number of methoxy groups -OCH3 is 4. The maximum atomic E-state index is 13.7. The van der Waals surface area contributed by atoms with E-state index >= 15 is 0 Å². The van der Waals surface area contributed by atoms with Gasteiger partial charge in [-0.1, -0.05) is 12.1 Å². The van der Waals surface area contributed by atoms with E-state index in [0.29, 0.717) is 57.3 Å². The number of aromatic nitrogens is 4. The smallest absolute Gasteiger partial charge is 0.255 e. The molecule has 1 unspecified atom stereocenters. The van der Waals surface area contributed by atoms with Crippen LogP contribution in [0.3, 0.4) is 0 Å². The maximum Gasteiger partial charge on any atom is 0.255 e. The topological polar surface area (TPSA) is 122 Å². The van der Waals surface area contributed by atoms with Gasteiger partial charge in [-0.05, 0) is 48.9 Å². The van der Waals surface area contributed by atoms with Crippen LogP contribution in [0.2, 0.25) is 0 Å². The Labute approximate surface area is 225 Å². The summed E-state index contributed by atoms with van der Waals surface area (Å²) in [7, 11) is 6.24. The molecule has 0 radical (unpaired) electrons. The third kappa shape index (κ3) is 4.81. The lowest BCUT2D eigenvalue weighted by atomic mass is 9.95. The number of amides is 1. The summed E-state index contributed by atoms with van der Waals surface area (Å²) in [6, 6.07) is 14.0. The van der Waals surface area contributed by atoms with E-state index < -0.39 is 6.04 Å². The molecule has 39 heavy (non-hydrogen) atoms. The van der Waals surface area contributed by atoms with Gasteiger partial charge in [0, 0.05) is 17.5 Å². The summed E-state index contributed by atoms with van der Waals surface area (Å²) < 4.78 is 23.7. The molecule has 0 spiro atoms. The molecular weight excluding hydrogens is 500 g/mol. The summed E-state index contributed by atoms with van der Waals surface area (Å²) in [6.45, 7) is 1.84. The van der Waals surface area contributed by atoms with Crippen molar-refractivity contribution >= 4 is 17.5 Å². The molecule has 1 aliphatic heterocycles. The Bertz CT molecular complexity index is 1520. The van der Waals surface area contributed by atoms with E-state index in [4.69, 9.17) is 29.0 Å². The molecule has 2 N–H and O–H groups in total. The van der Waals surface area contributed by atoms with Crippen molar-refractivity contribution in [3.05, 3.63) is 77.8 Å². The number of fused-ring (bicyclic) bond motifs is 1.